The van der Waals surface area contributed by atoms with Gasteiger partial charge in [0.25, 0.3) is 0 Å². The molecule has 7 N–H and O–H groups in total. The number of nitrogens with one attached hydrogen (secondary N) is 5. The highest BCUT2D eigenvalue weighted by Crippen LogP contribution is 2.38. The molecule has 2 aliphatic rings. The molecule has 4 aromatic heterocycles. The number of hydrogen-bond acceptors (Lipinski definition) is 20. The molecule has 83 heavy (non-hydrogen) atoms. The minimum absolute atomic E-state index is 0.0210. The van der Waals surface area contributed by atoms with Gasteiger partial charge in [0.15, 0.2) is 5.82 Å². The van der Waals surface area contributed by atoms with Crippen LogP contribution >= 0.6 is 21.4 Å². The Morgan fingerprint density at radius 3 is 1.60 bits per heavy atom. The van der Waals surface area contributed by atoms with Gasteiger partial charge in [0, 0.05) is 103 Å². The third-order valence-electron chi connectivity index (χ3n) is 12.5. The van der Waals surface area contributed by atoms with E-state index in [-0.39, 0.29) is 23.5 Å². The Balaban J connectivity index is 0.000000180. The lowest BCUT2D eigenvalue weighted by Crippen LogP contribution is -2.41. The summed E-state index contributed by atoms with van der Waals surface area (Å²) in [6.45, 7) is 17.5. The zero-order valence-corrected chi connectivity index (χ0v) is 49.4. The standard InChI is InChI=1S/C19H25F3N5O2P.C18H20N5OP.C17H21F3N5O2P/c1-30(2,28)15-5-3-14(4-6-15)25-18-24-13-16(19(20,21)22)17(26-18)23-7-8-27-9-11-29-12-10-27;1-12-4-6-14(19)10-16(12)23-18-20-9-8-15(22-18)13-5-7-17(21-11-13)25(2,3)24;1-28(2,26)13-5-3-12(4-6-13)22-16-21-11-14(17(18,19)20)15(23-16)24-25-7-9-27-10-8-25/h3-6,13H,7-12H2,1-2H3,(H2,23,24,25,26);4-11H,19H2,1-3H3,(H,20,22,23);3-6,11H,7-10H2,1-2H3,(H2,21,22,23,24). The molecular weight excluding hydrogens is 1150 g/mol. The fraction of sp³-hybridized carbons (Fsp3) is 0.352. The highest BCUT2D eigenvalue weighted by Gasteiger charge is 2.37. The number of rotatable bonds is 16. The molecule has 2 fully saturated rings. The summed E-state index contributed by atoms with van der Waals surface area (Å²) in [5.74, 6) is -0.0490. The topological polar surface area (TPSA) is 253 Å². The molecule has 0 radical (unpaired) electrons. The molecule has 29 heteroatoms. The van der Waals surface area contributed by atoms with Crippen LogP contribution in [-0.2, 0) is 35.5 Å². The van der Waals surface area contributed by atoms with E-state index in [4.69, 9.17) is 15.2 Å². The number of hydrazine groups is 1. The summed E-state index contributed by atoms with van der Waals surface area (Å²) in [5.41, 5.74) is 12.6. The Bertz CT molecular complexity index is 3430. The largest absolute Gasteiger partial charge is 0.421 e. The van der Waals surface area contributed by atoms with Gasteiger partial charge in [-0.05, 0) is 131 Å². The average molecular weight is 1210 g/mol. The lowest BCUT2D eigenvalue weighted by atomic mass is 10.2. The van der Waals surface area contributed by atoms with Crippen molar-refractivity contribution < 1.29 is 49.5 Å². The fourth-order valence-electron chi connectivity index (χ4n) is 7.90. The Morgan fingerprint density at radius 1 is 0.578 bits per heavy atom. The van der Waals surface area contributed by atoms with Crippen LogP contribution in [0.5, 0.6) is 0 Å². The number of morpholine rings is 2. The SMILES string of the molecule is CP(C)(=O)c1ccc(Nc2ncc(C(F)(F)F)c(NCCN3CCOCC3)n2)cc1.CP(C)(=O)c1ccc(Nc2ncc(C(F)(F)F)c(NN3CCOCC3)n2)cc1.Cc1ccc(N)cc1Nc1nccc(-c2ccc(P(C)(C)=O)nc2)n1. The molecule has 2 aliphatic heterocycles. The van der Waals surface area contributed by atoms with Crippen molar-refractivity contribution in [1.29, 1.82) is 0 Å². The summed E-state index contributed by atoms with van der Waals surface area (Å²) in [6, 6.07) is 24.7. The van der Waals surface area contributed by atoms with Gasteiger partial charge in [-0.3, -0.25) is 9.88 Å². The predicted molar refractivity (Wildman–Crippen MR) is 317 cm³/mol. The summed E-state index contributed by atoms with van der Waals surface area (Å²) in [7, 11) is -7.13. The van der Waals surface area contributed by atoms with Crippen LogP contribution in [-0.4, -0.2) is 150 Å². The molecule has 0 saturated carbocycles. The normalized spacial score (nSPS) is 14.5. The lowest BCUT2D eigenvalue weighted by molar-refractivity contribution is -0.138. The van der Waals surface area contributed by atoms with Crippen LogP contribution in [0.3, 0.4) is 0 Å². The maximum Gasteiger partial charge on any atom is 0.421 e. The number of aromatic nitrogens is 7. The predicted octanol–water partition coefficient (Wildman–Crippen LogP) is 9.80. The van der Waals surface area contributed by atoms with E-state index in [0.29, 0.717) is 91.7 Å². The zero-order chi connectivity index (χ0) is 60.2. The Kier molecular flexibility index (Phi) is 21.1. The molecule has 0 bridgehead atoms. The minimum Gasteiger partial charge on any atom is -0.399 e. The van der Waals surface area contributed by atoms with Crippen molar-refractivity contribution in [2.24, 2.45) is 0 Å². The summed E-state index contributed by atoms with van der Waals surface area (Å²) in [4.78, 5) is 30.8. The minimum atomic E-state index is -4.59. The molecule has 2 saturated heterocycles. The van der Waals surface area contributed by atoms with E-state index in [9.17, 15) is 40.0 Å². The molecule has 0 atom stereocenters. The number of pyridine rings is 1. The second-order valence-electron chi connectivity index (χ2n) is 20.3. The second-order valence-corrected chi connectivity index (χ2v) is 29.9. The van der Waals surface area contributed by atoms with Gasteiger partial charge >= 0.3 is 12.4 Å². The van der Waals surface area contributed by atoms with Crippen molar-refractivity contribution in [1.82, 2.24) is 44.8 Å². The Morgan fingerprint density at radius 2 is 1.10 bits per heavy atom. The lowest BCUT2D eigenvalue weighted by Gasteiger charge is -2.28. The third kappa shape index (κ3) is 19.3. The van der Waals surface area contributed by atoms with E-state index in [2.05, 4.69) is 66.5 Å². The monoisotopic (exact) mass is 1210 g/mol. The van der Waals surface area contributed by atoms with Crippen molar-refractivity contribution in [3.8, 4) is 11.3 Å². The molecule has 7 aromatic rings. The molecule has 444 valence electrons. The van der Waals surface area contributed by atoms with E-state index < -0.39 is 44.9 Å². The van der Waals surface area contributed by atoms with Crippen molar-refractivity contribution in [2.75, 3.05) is 138 Å². The number of anilines is 9. The first-order valence-electron chi connectivity index (χ1n) is 25.9. The second kappa shape index (κ2) is 27.6. The van der Waals surface area contributed by atoms with Gasteiger partial charge in [0.05, 0.1) is 37.6 Å². The quantitative estimate of drug-likeness (QED) is 0.0299. The van der Waals surface area contributed by atoms with Crippen LogP contribution in [0.25, 0.3) is 11.3 Å². The van der Waals surface area contributed by atoms with Crippen molar-refractivity contribution in [3.63, 3.8) is 0 Å². The molecule has 6 heterocycles. The van der Waals surface area contributed by atoms with E-state index in [1.807, 2.05) is 37.3 Å². The first-order chi connectivity index (χ1) is 39.1. The zero-order valence-electron chi connectivity index (χ0n) is 46.7. The van der Waals surface area contributed by atoms with E-state index >= 15 is 0 Å². The van der Waals surface area contributed by atoms with Gasteiger partial charge in [-0.2, -0.15) is 36.3 Å². The number of alkyl halides is 6. The Hall–Kier alpha value is -7.04. The molecule has 3 aromatic carbocycles. The van der Waals surface area contributed by atoms with Crippen LogP contribution < -0.4 is 48.5 Å². The number of nitrogens with zero attached hydrogens (tertiary/aromatic N) is 9. The number of nitrogen functional groups attached to an aromatic ring is 1. The van der Waals surface area contributed by atoms with Gasteiger partial charge in [0.2, 0.25) is 17.8 Å². The third-order valence-corrected chi connectivity index (χ3v) is 17.0. The van der Waals surface area contributed by atoms with Gasteiger partial charge in [-0.1, -0.05) is 6.07 Å². The molecule has 0 spiro atoms. The smallest absolute Gasteiger partial charge is 0.399 e. The molecule has 9 rings (SSSR count). The van der Waals surface area contributed by atoms with E-state index in [1.165, 1.54) is 0 Å². The van der Waals surface area contributed by atoms with Crippen molar-refractivity contribution in [3.05, 3.63) is 126 Å². The van der Waals surface area contributed by atoms with Gasteiger partial charge in [0.1, 0.15) is 38.4 Å². The molecule has 0 amide bonds. The number of hydrogen-bond donors (Lipinski definition) is 6. The number of nitrogens with two attached hydrogens (primary N) is 1. The average Bonchev–Trinajstić information content (AvgIpc) is 3.61. The highest BCUT2D eigenvalue weighted by atomic mass is 31.2. The highest BCUT2D eigenvalue weighted by molar-refractivity contribution is 7.70. The molecular formula is C54H66F6N15O5P3. The molecule has 0 aliphatic carbocycles. The summed E-state index contributed by atoms with van der Waals surface area (Å²) in [5, 5.41) is 14.8. The summed E-state index contributed by atoms with van der Waals surface area (Å²) >= 11 is 0. The van der Waals surface area contributed by atoms with Gasteiger partial charge in [-0.25, -0.2) is 24.9 Å². The van der Waals surface area contributed by atoms with Crippen LogP contribution in [0.2, 0.25) is 0 Å². The van der Waals surface area contributed by atoms with Crippen LogP contribution in [0.4, 0.5) is 78.6 Å². The van der Waals surface area contributed by atoms with Crippen LogP contribution in [0.15, 0.2) is 110 Å². The maximum absolute atomic E-state index is 13.4. The number of aryl methyl sites for hydroxylation is 1. The number of halogens is 6. The van der Waals surface area contributed by atoms with Crippen LogP contribution in [0, 0.1) is 6.92 Å². The number of benzene rings is 3. The van der Waals surface area contributed by atoms with E-state index in [1.54, 1.807) is 112 Å². The van der Waals surface area contributed by atoms with E-state index in [0.717, 1.165) is 48.0 Å². The summed E-state index contributed by atoms with van der Waals surface area (Å²) in [6.07, 6.45) is -4.26. The summed E-state index contributed by atoms with van der Waals surface area (Å²) < 4.78 is 127. The van der Waals surface area contributed by atoms with Crippen molar-refractivity contribution in [2.45, 2.75) is 19.3 Å². The van der Waals surface area contributed by atoms with Crippen molar-refractivity contribution >= 4 is 89.7 Å². The fourth-order valence-corrected chi connectivity index (χ4v) is 10.4. The first kappa shape index (κ1) is 63.5. The molecule has 20 nitrogen and oxygen atoms in total. The van der Waals surface area contributed by atoms with Crippen LogP contribution in [0.1, 0.15) is 16.7 Å². The Labute approximate surface area is 477 Å². The number of ether oxygens (including phenoxy) is 2. The van der Waals surface area contributed by atoms with Gasteiger partial charge < -0.3 is 55.6 Å². The molecule has 0 unspecified atom stereocenters. The maximum atomic E-state index is 13.4. The first-order valence-corrected chi connectivity index (χ1v) is 33.7. The van der Waals surface area contributed by atoms with Gasteiger partial charge in [-0.15, -0.1) is 0 Å².